The fourth-order valence-electron chi connectivity index (χ4n) is 1.48. The number of aliphatic hydroxyl groups is 1. The highest BCUT2D eigenvalue weighted by molar-refractivity contribution is 7.92. The van der Waals surface area contributed by atoms with Crippen molar-refractivity contribution in [3.8, 4) is 0 Å². The Morgan fingerprint density at radius 3 is 2.78 bits per heavy atom. The molecular weight excluding hydrogens is 254 g/mol. The van der Waals surface area contributed by atoms with E-state index in [-0.39, 0.29) is 17.3 Å². The number of nitrogens with zero attached hydrogens (tertiary/aromatic N) is 2. The number of anilines is 1. The quantitative estimate of drug-likeness (QED) is 0.854. The summed E-state index contributed by atoms with van der Waals surface area (Å²) in [6, 6.07) is 7.68. The second kappa shape index (κ2) is 4.79. The molecule has 1 heterocycles. The van der Waals surface area contributed by atoms with E-state index in [2.05, 4.69) is 9.82 Å². The minimum absolute atomic E-state index is 0.0969. The summed E-state index contributed by atoms with van der Waals surface area (Å²) in [6.07, 6.45) is 1.64. The van der Waals surface area contributed by atoms with Gasteiger partial charge < -0.3 is 5.11 Å². The molecule has 0 amide bonds. The van der Waals surface area contributed by atoms with Gasteiger partial charge in [-0.05, 0) is 17.7 Å². The number of hydrogen-bond donors (Lipinski definition) is 2. The molecule has 96 valence electrons. The Labute approximate surface area is 105 Å². The highest BCUT2D eigenvalue weighted by Crippen LogP contribution is 2.15. The van der Waals surface area contributed by atoms with Gasteiger partial charge in [-0.25, -0.2) is 8.42 Å². The molecule has 0 aliphatic rings. The predicted molar refractivity (Wildman–Crippen MR) is 66.4 cm³/mol. The number of nitrogens with one attached hydrogen (secondary N) is 1. The molecule has 1 aromatic carbocycles. The lowest BCUT2D eigenvalue weighted by Gasteiger charge is -2.06. The summed E-state index contributed by atoms with van der Waals surface area (Å²) in [6.45, 7) is -0.201. The van der Waals surface area contributed by atoms with Crippen molar-refractivity contribution in [3.63, 3.8) is 0 Å². The predicted octanol–water partition coefficient (Wildman–Crippen LogP) is 0.713. The third-order valence-electron chi connectivity index (χ3n) is 2.34. The molecule has 0 saturated heterocycles. The van der Waals surface area contributed by atoms with Crippen molar-refractivity contribution in [2.45, 2.75) is 11.5 Å². The maximum Gasteiger partial charge on any atom is 0.263 e. The van der Waals surface area contributed by atoms with Crippen LogP contribution in [0, 0.1) is 0 Å². The van der Waals surface area contributed by atoms with Crippen LogP contribution >= 0.6 is 0 Å². The summed E-state index contributed by atoms with van der Waals surface area (Å²) in [5.74, 6) is 0.256. The van der Waals surface area contributed by atoms with Gasteiger partial charge in [-0.1, -0.05) is 12.1 Å². The maximum atomic E-state index is 12.0. The van der Waals surface area contributed by atoms with E-state index in [4.69, 9.17) is 5.11 Å². The molecule has 0 spiro atoms. The number of aryl methyl sites for hydroxylation is 1. The molecule has 0 aliphatic heterocycles. The van der Waals surface area contributed by atoms with E-state index in [0.717, 1.165) is 0 Å². The molecule has 0 unspecified atom stereocenters. The highest BCUT2D eigenvalue weighted by atomic mass is 32.2. The Hall–Kier alpha value is -1.86. The number of sulfonamides is 1. The molecular formula is C11H13N3O3S. The normalized spacial score (nSPS) is 11.4. The fraction of sp³-hybridized carbons (Fsp3) is 0.182. The largest absolute Gasteiger partial charge is 0.392 e. The number of rotatable bonds is 4. The molecule has 1 aromatic heterocycles. The van der Waals surface area contributed by atoms with E-state index in [1.54, 1.807) is 31.4 Å². The summed E-state index contributed by atoms with van der Waals surface area (Å²) in [5.41, 5.74) is 0.541. The maximum absolute atomic E-state index is 12.0. The smallest absolute Gasteiger partial charge is 0.263 e. The third-order valence-corrected chi connectivity index (χ3v) is 3.70. The Balaban J connectivity index is 2.30. The van der Waals surface area contributed by atoms with Gasteiger partial charge in [-0.3, -0.25) is 9.40 Å². The standard InChI is InChI=1S/C11H13N3O3S/c1-14-6-5-11(12-14)13-18(16,17)10-4-2-3-9(7-10)8-15/h2-7,15H,8H2,1H3,(H,12,13). The zero-order valence-electron chi connectivity index (χ0n) is 9.74. The van der Waals surface area contributed by atoms with Gasteiger partial charge in [0.25, 0.3) is 10.0 Å². The van der Waals surface area contributed by atoms with Gasteiger partial charge in [0, 0.05) is 19.3 Å². The first kappa shape index (κ1) is 12.6. The Morgan fingerprint density at radius 1 is 1.39 bits per heavy atom. The van der Waals surface area contributed by atoms with Crippen LogP contribution in [0.3, 0.4) is 0 Å². The van der Waals surface area contributed by atoms with Gasteiger partial charge in [0.2, 0.25) is 0 Å². The van der Waals surface area contributed by atoms with E-state index in [1.165, 1.54) is 16.8 Å². The summed E-state index contributed by atoms with van der Waals surface area (Å²) in [7, 11) is -1.97. The number of hydrogen-bond acceptors (Lipinski definition) is 4. The number of benzene rings is 1. The van der Waals surface area contributed by atoms with Gasteiger partial charge in [-0.2, -0.15) is 5.10 Å². The molecule has 18 heavy (non-hydrogen) atoms. The van der Waals surface area contributed by atoms with E-state index in [9.17, 15) is 8.42 Å². The van der Waals surface area contributed by atoms with Crippen molar-refractivity contribution < 1.29 is 13.5 Å². The van der Waals surface area contributed by atoms with Crippen LogP contribution in [0.4, 0.5) is 5.82 Å². The second-order valence-electron chi connectivity index (χ2n) is 3.79. The first-order chi connectivity index (χ1) is 8.51. The van der Waals surface area contributed by atoms with Crippen molar-refractivity contribution in [2.24, 2.45) is 7.05 Å². The van der Waals surface area contributed by atoms with Crippen molar-refractivity contribution in [1.82, 2.24) is 9.78 Å². The van der Waals surface area contributed by atoms with Gasteiger partial charge in [0.15, 0.2) is 5.82 Å². The van der Waals surface area contributed by atoms with Crippen LogP contribution in [-0.4, -0.2) is 23.3 Å². The Morgan fingerprint density at radius 2 is 2.17 bits per heavy atom. The van der Waals surface area contributed by atoms with Crippen molar-refractivity contribution in [1.29, 1.82) is 0 Å². The molecule has 7 heteroatoms. The van der Waals surface area contributed by atoms with Crippen molar-refractivity contribution in [3.05, 3.63) is 42.1 Å². The topological polar surface area (TPSA) is 84.2 Å². The third kappa shape index (κ3) is 2.69. The van der Waals surface area contributed by atoms with E-state index in [1.807, 2.05) is 0 Å². The van der Waals surface area contributed by atoms with Crippen LogP contribution in [0.2, 0.25) is 0 Å². The van der Waals surface area contributed by atoms with E-state index < -0.39 is 10.0 Å². The van der Waals surface area contributed by atoms with Gasteiger partial charge in [0.05, 0.1) is 11.5 Å². The van der Waals surface area contributed by atoms with Crippen LogP contribution in [0.1, 0.15) is 5.56 Å². The molecule has 0 fully saturated rings. The molecule has 0 saturated carbocycles. The molecule has 0 radical (unpaired) electrons. The molecule has 6 nitrogen and oxygen atoms in total. The second-order valence-corrected chi connectivity index (χ2v) is 5.47. The van der Waals surface area contributed by atoms with E-state index >= 15 is 0 Å². The summed E-state index contributed by atoms with van der Waals surface area (Å²) in [5, 5.41) is 12.9. The van der Waals surface area contributed by atoms with Crippen LogP contribution in [0.5, 0.6) is 0 Å². The SMILES string of the molecule is Cn1ccc(NS(=O)(=O)c2cccc(CO)c2)n1. The number of aromatic nitrogens is 2. The van der Waals surface area contributed by atoms with Crippen molar-refractivity contribution >= 4 is 15.8 Å². The Kier molecular flexibility index (Phi) is 3.35. The molecule has 0 aliphatic carbocycles. The molecule has 2 N–H and O–H groups in total. The average Bonchev–Trinajstić information content (AvgIpc) is 2.74. The summed E-state index contributed by atoms with van der Waals surface area (Å²) in [4.78, 5) is 0.0969. The van der Waals surface area contributed by atoms with Gasteiger partial charge in [0.1, 0.15) is 0 Å². The van der Waals surface area contributed by atoms with Crippen molar-refractivity contribution in [2.75, 3.05) is 4.72 Å². The average molecular weight is 267 g/mol. The summed E-state index contributed by atoms with van der Waals surface area (Å²) < 4.78 is 27.9. The zero-order chi connectivity index (χ0) is 13.2. The van der Waals surface area contributed by atoms with Crippen LogP contribution in [-0.2, 0) is 23.7 Å². The Bertz CT molecular complexity index is 649. The first-order valence-electron chi connectivity index (χ1n) is 5.23. The van der Waals surface area contributed by atoms with Crippen LogP contribution in [0.25, 0.3) is 0 Å². The monoisotopic (exact) mass is 267 g/mol. The minimum Gasteiger partial charge on any atom is -0.392 e. The lowest BCUT2D eigenvalue weighted by atomic mass is 10.2. The van der Waals surface area contributed by atoms with Crippen LogP contribution in [0.15, 0.2) is 41.4 Å². The lowest BCUT2D eigenvalue weighted by molar-refractivity contribution is 0.281. The van der Waals surface area contributed by atoms with E-state index in [0.29, 0.717) is 5.56 Å². The van der Waals surface area contributed by atoms with Gasteiger partial charge in [-0.15, -0.1) is 0 Å². The lowest BCUT2D eigenvalue weighted by Crippen LogP contribution is -2.13. The van der Waals surface area contributed by atoms with Crippen LogP contribution < -0.4 is 4.72 Å². The minimum atomic E-state index is -3.67. The molecule has 0 bridgehead atoms. The highest BCUT2D eigenvalue weighted by Gasteiger charge is 2.15. The first-order valence-corrected chi connectivity index (χ1v) is 6.72. The number of aliphatic hydroxyl groups excluding tert-OH is 1. The molecule has 2 aromatic rings. The molecule has 2 rings (SSSR count). The fourth-order valence-corrected chi connectivity index (χ4v) is 2.54. The summed E-state index contributed by atoms with van der Waals surface area (Å²) >= 11 is 0. The zero-order valence-corrected chi connectivity index (χ0v) is 10.6. The van der Waals surface area contributed by atoms with Gasteiger partial charge >= 0.3 is 0 Å². The molecule has 0 atom stereocenters.